The molecule has 0 amide bonds. The van der Waals surface area contributed by atoms with E-state index >= 15 is 0 Å². The highest BCUT2D eigenvalue weighted by atomic mass is 16.5. The van der Waals surface area contributed by atoms with Crippen LogP contribution in [0.1, 0.15) is 10.4 Å². The number of aromatic amines is 1. The van der Waals surface area contributed by atoms with Gasteiger partial charge in [-0.05, 0) is 35.9 Å². The van der Waals surface area contributed by atoms with E-state index in [-0.39, 0.29) is 0 Å². The maximum absolute atomic E-state index is 11.4. The molecule has 3 aromatic rings. The number of rotatable bonds is 3. The van der Waals surface area contributed by atoms with Gasteiger partial charge < -0.3 is 9.72 Å². The molecule has 19 heavy (non-hydrogen) atoms. The maximum atomic E-state index is 11.4. The van der Waals surface area contributed by atoms with Gasteiger partial charge in [-0.1, -0.05) is 18.2 Å². The normalized spacial score (nSPS) is 10.6. The minimum atomic E-state index is 0.695. The van der Waals surface area contributed by atoms with Gasteiger partial charge >= 0.3 is 0 Å². The van der Waals surface area contributed by atoms with Gasteiger partial charge in [-0.25, -0.2) is 0 Å². The predicted octanol–water partition coefficient (Wildman–Crippen LogP) is 3.66. The van der Waals surface area contributed by atoms with Crippen molar-refractivity contribution in [3.05, 3.63) is 54.1 Å². The number of para-hydroxylation sites is 1. The Bertz CT molecular complexity index is 726. The Balaban J connectivity index is 2.20. The van der Waals surface area contributed by atoms with Crippen LogP contribution in [0.3, 0.4) is 0 Å². The smallest absolute Gasteiger partial charge is 0.152 e. The van der Waals surface area contributed by atoms with Crippen molar-refractivity contribution in [3.63, 3.8) is 0 Å². The zero-order valence-electron chi connectivity index (χ0n) is 10.5. The number of hydrogen-bond donors (Lipinski definition) is 1. The van der Waals surface area contributed by atoms with Gasteiger partial charge in [-0.2, -0.15) is 0 Å². The largest absolute Gasteiger partial charge is 0.497 e. The summed E-state index contributed by atoms with van der Waals surface area (Å²) in [6, 6.07) is 15.4. The van der Waals surface area contributed by atoms with Crippen LogP contribution in [0.15, 0.2) is 48.5 Å². The summed E-state index contributed by atoms with van der Waals surface area (Å²) in [5, 5.41) is 0.948. The fourth-order valence-corrected chi connectivity index (χ4v) is 2.27. The molecule has 0 fully saturated rings. The first kappa shape index (κ1) is 11.5. The van der Waals surface area contributed by atoms with Crippen LogP contribution in [0.2, 0.25) is 0 Å². The molecule has 0 atom stereocenters. The zero-order valence-corrected chi connectivity index (χ0v) is 10.5. The summed E-state index contributed by atoms with van der Waals surface area (Å²) in [5.41, 5.74) is 3.48. The molecule has 0 spiro atoms. The lowest BCUT2D eigenvalue weighted by Gasteiger charge is -2.02. The molecule has 0 bridgehead atoms. The van der Waals surface area contributed by atoms with Crippen LogP contribution in [-0.4, -0.2) is 18.4 Å². The molecule has 3 nitrogen and oxygen atoms in total. The number of nitrogens with one attached hydrogen (secondary N) is 1. The molecule has 94 valence electrons. The Morgan fingerprint density at radius 1 is 1.05 bits per heavy atom. The van der Waals surface area contributed by atoms with Gasteiger partial charge in [-0.15, -0.1) is 0 Å². The predicted molar refractivity (Wildman–Crippen MR) is 75.7 cm³/mol. The Morgan fingerprint density at radius 3 is 2.47 bits per heavy atom. The van der Waals surface area contributed by atoms with Crippen molar-refractivity contribution in [2.24, 2.45) is 0 Å². The molecule has 1 aromatic heterocycles. The Labute approximate surface area is 110 Å². The standard InChI is InChI=1S/C16H13NO2/c1-19-12-8-6-11(7-9-12)16-14(10-18)13-4-2-3-5-15(13)17-16/h2-10,17H,1H3. The number of carbonyl (C=O) groups is 1. The number of benzene rings is 2. The Kier molecular flexibility index (Phi) is 2.80. The van der Waals surface area contributed by atoms with Crippen LogP contribution in [0.4, 0.5) is 0 Å². The number of fused-ring (bicyclic) bond motifs is 1. The van der Waals surface area contributed by atoms with Gasteiger partial charge in [0.25, 0.3) is 0 Å². The van der Waals surface area contributed by atoms with Crippen molar-refractivity contribution in [1.29, 1.82) is 0 Å². The van der Waals surface area contributed by atoms with Crippen LogP contribution in [-0.2, 0) is 0 Å². The average Bonchev–Trinajstić information content (AvgIpc) is 2.85. The van der Waals surface area contributed by atoms with Crippen molar-refractivity contribution in [2.45, 2.75) is 0 Å². The minimum absolute atomic E-state index is 0.695. The number of carbonyl (C=O) groups excluding carboxylic acids is 1. The number of H-pyrrole nitrogens is 1. The molecule has 0 unspecified atom stereocenters. The molecule has 0 aliphatic rings. The second-order valence-electron chi connectivity index (χ2n) is 4.31. The van der Waals surface area contributed by atoms with Crippen molar-refractivity contribution in [3.8, 4) is 17.0 Å². The van der Waals surface area contributed by atoms with Crippen LogP contribution in [0.25, 0.3) is 22.2 Å². The molecule has 0 aliphatic heterocycles. The van der Waals surface area contributed by atoms with E-state index in [2.05, 4.69) is 4.98 Å². The molecular weight excluding hydrogens is 238 g/mol. The fraction of sp³-hybridized carbons (Fsp3) is 0.0625. The third kappa shape index (κ3) is 1.89. The van der Waals surface area contributed by atoms with Crippen molar-refractivity contribution in [1.82, 2.24) is 4.98 Å². The Hall–Kier alpha value is -2.55. The lowest BCUT2D eigenvalue weighted by molar-refractivity contribution is 0.112. The molecule has 3 heteroatoms. The highest BCUT2D eigenvalue weighted by molar-refractivity contribution is 6.04. The van der Waals surface area contributed by atoms with E-state index in [0.29, 0.717) is 5.56 Å². The van der Waals surface area contributed by atoms with E-state index in [0.717, 1.165) is 34.2 Å². The average molecular weight is 251 g/mol. The third-order valence-electron chi connectivity index (χ3n) is 3.24. The SMILES string of the molecule is COc1ccc(-c2[nH]c3ccccc3c2C=O)cc1. The minimum Gasteiger partial charge on any atom is -0.497 e. The molecule has 0 radical (unpaired) electrons. The van der Waals surface area contributed by atoms with Crippen LogP contribution in [0.5, 0.6) is 5.75 Å². The third-order valence-corrected chi connectivity index (χ3v) is 3.24. The molecule has 0 saturated carbocycles. The molecule has 1 N–H and O–H groups in total. The molecule has 1 heterocycles. The van der Waals surface area contributed by atoms with Gasteiger partial charge in [0, 0.05) is 16.5 Å². The summed E-state index contributed by atoms with van der Waals surface area (Å²) in [6.07, 6.45) is 0.901. The summed E-state index contributed by atoms with van der Waals surface area (Å²) < 4.78 is 5.14. The van der Waals surface area contributed by atoms with Crippen LogP contribution in [0, 0.1) is 0 Å². The molecular formula is C16H13NO2. The lowest BCUT2D eigenvalue weighted by atomic mass is 10.1. The summed E-state index contributed by atoms with van der Waals surface area (Å²) >= 11 is 0. The number of aromatic nitrogens is 1. The quantitative estimate of drug-likeness (QED) is 0.722. The highest BCUT2D eigenvalue weighted by Crippen LogP contribution is 2.29. The molecule has 3 rings (SSSR count). The molecule has 0 aliphatic carbocycles. The lowest BCUT2D eigenvalue weighted by Crippen LogP contribution is -1.86. The first-order valence-electron chi connectivity index (χ1n) is 6.04. The van der Waals surface area contributed by atoms with Gasteiger partial charge in [0.15, 0.2) is 6.29 Å². The van der Waals surface area contributed by atoms with Crippen LogP contribution < -0.4 is 4.74 Å². The highest BCUT2D eigenvalue weighted by Gasteiger charge is 2.11. The van der Waals surface area contributed by atoms with E-state index in [1.165, 1.54) is 0 Å². The van der Waals surface area contributed by atoms with Gasteiger partial charge in [0.05, 0.1) is 12.8 Å². The van der Waals surface area contributed by atoms with Gasteiger partial charge in [-0.3, -0.25) is 4.79 Å². The Morgan fingerprint density at radius 2 is 1.79 bits per heavy atom. The number of aldehydes is 1. The zero-order chi connectivity index (χ0) is 13.2. The monoisotopic (exact) mass is 251 g/mol. The first-order chi connectivity index (χ1) is 9.33. The number of hydrogen-bond acceptors (Lipinski definition) is 2. The van der Waals surface area contributed by atoms with E-state index < -0.39 is 0 Å². The van der Waals surface area contributed by atoms with Gasteiger partial charge in [0.2, 0.25) is 0 Å². The van der Waals surface area contributed by atoms with Crippen molar-refractivity contribution >= 4 is 17.2 Å². The summed E-state index contributed by atoms with van der Waals surface area (Å²) in [4.78, 5) is 14.7. The topological polar surface area (TPSA) is 42.1 Å². The number of methoxy groups -OCH3 is 1. The molecule has 2 aromatic carbocycles. The van der Waals surface area contributed by atoms with E-state index in [1.54, 1.807) is 7.11 Å². The molecule has 0 saturated heterocycles. The summed E-state index contributed by atoms with van der Waals surface area (Å²) in [5.74, 6) is 0.799. The fourth-order valence-electron chi connectivity index (χ4n) is 2.27. The maximum Gasteiger partial charge on any atom is 0.152 e. The van der Waals surface area contributed by atoms with Crippen LogP contribution >= 0.6 is 0 Å². The summed E-state index contributed by atoms with van der Waals surface area (Å²) in [7, 11) is 1.63. The first-order valence-corrected chi connectivity index (χ1v) is 6.04. The second kappa shape index (κ2) is 4.61. The van der Waals surface area contributed by atoms with E-state index in [1.807, 2.05) is 48.5 Å². The van der Waals surface area contributed by atoms with E-state index in [9.17, 15) is 4.79 Å². The van der Waals surface area contributed by atoms with Crippen molar-refractivity contribution in [2.75, 3.05) is 7.11 Å². The second-order valence-corrected chi connectivity index (χ2v) is 4.31. The van der Waals surface area contributed by atoms with Gasteiger partial charge in [0.1, 0.15) is 5.75 Å². The van der Waals surface area contributed by atoms with Crippen molar-refractivity contribution < 1.29 is 9.53 Å². The van der Waals surface area contributed by atoms with E-state index in [4.69, 9.17) is 4.74 Å². The number of ether oxygens (including phenoxy) is 1. The summed E-state index contributed by atoms with van der Waals surface area (Å²) in [6.45, 7) is 0.